The SMILES string of the molecule is CC/C=C\C/C=C\C/C=C\C/C=C\C/C=C\C/C=C\CCC(=O)NC(COP(=O)([O-])OCC[N+](C)(C)C)C(/C=C\CCCCCCCCCCC)OC(=O)CCCCCCCCC/C=C\CCCCCC. The van der Waals surface area contributed by atoms with Crippen molar-refractivity contribution in [2.24, 2.45) is 0 Å². The van der Waals surface area contributed by atoms with Crippen molar-refractivity contribution in [2.45, 2.75) is 238 Å². The average Bonchev–Trinajstić information content (AvgIpc) is 3.33. The molecule has 0 aliphatic heterocycles. The molecule has 1 amide bonds. The van der Waals surface area contributed by atoms with Gasteiger partial charge < -0.3 is 28.5 Å². The van der Waals surface area contributed by atoms with Gasteiger partial charge in [-0.1, -0.05) is 215 Å². The Balaban J connectivity index is 5.45. The van der Waals surface area contributed by atoms with Gasteiger partial charge in [0.1, 0.15) is 19.3 Å². The van der Waals surface area contributed by atoms with Crippen LogP contribution in [0.1, 0.15) is 226 Å². The number of allylic oxidation sites excluding steroid dienone is 15. The quantitative estimate of drug-likeness (QED) is 0.0212. The Morgan fingerprint density at radius 1 is 0.507 bits per heavy atom. The summed E-state index contributed by atoms with van der Waals surface area (Å²) < 4.78 is 30.1. The largest absolute Gasteiger partial charge is 0.756 e. The maximum Gasteiger partial charge on any atom is 0.306 e. The first kappa shape index (κ1) is 67.9. The number of phosphoric acid groups is 1. The Kier molecular flexibility index (Phi) is 48.3. The highest BCUT2D eigenvalue weighted by atomic mass is 31.2. The molecule has 0 aromatic carbocycles. The molecule has 0 aromatic rings. The second-order valence-corrected chi connectivity index (χ2v) is 21.5. The number of nitrogens with zero attached hydrogens (tertiary/aromatic N) is 1. The molecule has 0 saturated heterocycles. The van der Waals surface area contributed by atoms with Gasteiger partial charge in [-0.15, -0.1) is 0 Å². The van der Waals surface area contributed by atoms with Crippen molar-refractivity contribution in [1.29, 1.82) is 0 Å². The Labute approximate surface area is 437 Å². The third kappa shape index (κ3) is 51.6. The number of quaternary nitrogens is 1. The highest BCUT2D eigenvalue weighted by molar-refractivity contribution is 7.45. The number of unbranched alkanes of at least 4 members (excludes halogenated alkanes) is 20. The number of hydrogen-bond acceptors (Lipinski definition) is 7. The summed E-state index contributed by atoms with van der Waals surface area (Å²) in [5.41, 5.74) is 0. The average molecular weight is 1010 g/mol. The van der Waals surface area contributed by atoms with Crippen LogP contribution in [0.4, 0.5) is 0 Å². The fraction of sp³-hybridized carbons (Fsp3) is 0.705. The van der Waals surface area contributed by atoms with Gasteiger partial charge in [0.2, 0.25) is 5.91 Å². The molecule has 1 N–H and O–H groups in total. The Bertz CT molecular complexity index is 1540. The topological polar surface area (TPSA) is 114 Å². The van der Waals surface area contributed by atoms with E-state index >= 15 is 0 Å². The zero-order valence-corrected chi connectivity index (χ0v) is 47.3. The number of rotatable bonds is 50. The van der Waals surface area contributed by atoms with E-state index in [0.29, 0.717) is 23.9 Å². The van der Waals surface area contributed by atoms with Crippen molar-refractivity contribution >= 4 is 19.7 Å². The maximum absolute atomic E-state index is 13.4. The van der Waals surface area contributed by atoms with Gasteiger partial charge in [0.15, 0.2) is 0 Å². The summed E-state index contributed by atoms with van der Waals surface area (Å²) in [6.07, 6.45) is 66.7. The van der Waals surface area contributed by atoms with Crippen LogP contribution in [-0.4, -0.2) is 69.4 Å². The molecular weight excluding hydrogens is 904 g/mol. The van der Waals surface area contributed by atoms with Gasteiger partial charge in [-0.25, -0.2) is 0 Å². The number of hydrogen-bond donors (Lipinski definition) is 1. The van der Waals surface area contributed by atoms with Crippen molar-refractivity contribution < 1.29 is 37.3 Å². The van der Waals surface area contributed by atoms with E-state index in [9.17, 15) is 19.0 Å². The number of nitrogens with one attached hydrogen (secondary N) is 1. The van der Waals surface area contributed by atoms with Gasteiger partial charge in [-0.05, 0) is 96.0 Å². The molecule has 0 fully saturated rings. The smallest absolute Gasteiger partial charge is 0.306 e. The summed E-state index contributed by atoms with van der Waals surface area (Å²) in [6.45, 7) is 6.63. The van der Waals surface area contributed by atoms with Gasteiger partial charge in [0, 0.05) is 12.8 Å². The summed E-state index contributed by atoms with van der Waals surface area (Å²) in [4.78, 5) is 39.8. The number of phosphoric ester groups is 1. The minimum Gasteiger partial charge on any atom is -0.756 e. The van der Waals surface area contributed by atoms with Gasteiger partial charge in [0.05, 0.1) is 33.8 Å². The highest BCUT2D eigenvalue weighted by Crippen LogP contribution is 2.38. The summed E-state index contributed by atoms with van der Waals surface area (Å²) in [7, 11) is 1.12. The van der Waals surface area contributed by atoms with Gasteiger partial charge in [-0.3, -0.25) is 14.2 Å². The Morgan fingerprint density at radius 3 is 1.39 bits per heavy atom. The van der Waals surface area contributed by atoms with E-state index in [2.05, 4.69) is 99.0 Å². The lowest BCUT2D eigenvalue weighted by Crippen LogP contribution is -2.47. The molecule has 0 saturated carbocycles. The molecular formula is C61H107N2O7P. The van der Waals surface area contributed by atoms with Crippen molar-refractivity contribution in [3.63, 3.8) is 0 Å². The van der Waals surface area contributed by atoms with Crippen LogP contribution >= 0.6 is 7.82 Å². The van der Waals surface area contributed by atoms with Crippen LogP contribution in [-0.2, 0) is 27.9 Å². The molecule has 0 aromatic heterocycles. The fourth-order valence-electron chi connectivity index (χ4n) is 7.60. The number of likely N-dealkylation sites (N-methyl/N-ethyl adjacent to an activating group) is 1. The summed E-state index contributed by atoms with van der Waals surface area (Å²) in [5.74, 6) is -0.650. The van der Waals surface area contributed by atoms with Crippen molar-refractivity contribution in [1.82, 2.24) is 5.32 Å². The first-order valence-corrected chi connectivity index (χ1v) is 30.0. The second kappa shape index (κ2) is 50.5. The van der Waals surface area contributed by atoms with Gasteiger partial charge in [0.25, 0.3) is 7.82 Å². The van der Waals surface area contributed by atoms with Crippen molar-refractivity contribution in [3.05, 3.63) is 97.2 Å². The summed E-state index contributed by atoms with van der Waals surface area (Å²) >= 11 is 0. The number of carbonyl (C=O) groups is 2. The van der Waals surface area contributed by atoms with Crippen LogP contribution in [0.25, 0.3) is 0 Å². The standard InChI is InChI=1S/C61H107N2O7P/c1-7-10-13-16-19-22-25-27-29-30-31-32-34-35-38-41-44-47-50-53-60(64)62-58(57-69-71(66,67)68-56-55-63(4,5)6)59(52-49-46-43-40-37-24-21-18-15-12-9-3)70-61(65)54-51-48-45-42-39-36-33-28-26-23-20-17-14-11-8-2/h10,13,19,22-23,26-27,29,31-32,35,38,44,47,49,52,58-59H,7-9,11-12,14-18,20-21,24-25,28,30,33-34,36-37,39-43,45-46,48,50-51,53-57H2,1-6H3,(H-,62,64,66,67)/b13-10-,22-19-,26-23-,29-27-,32-31-,38-35-,47-44-,52-49-. The molecule has 0 aliphatic carbocycles. The van der Waals surface area contributed by atoms with Crippen LogP contribution in [0.2, 0.25) is 0 Å². The number of amides is 1. The number of ether oxygens (including phenoxy) is 1. The van der Waals surface area contributed by atoms with E-state index in [1.54, 1.807) is 6.08 Å². The molecule has 0 heterocycles. The zero-order valence-electron chi connectivity index (χ0n) is 46.4. The Hall–Kier alpha value is -3.07. The van der Waals surface area contributed by atoms with Crippen LogP contribution in [0, 0.1) is 0 Å². The van der Waals surface area contributed by atoms with Crippen molar-refractivity contribution in [2.75, 3.05) is 40.9 Å². The van der Waals surface area contributed by atoms with E-state index in [1.165, 1.54) is 96.3 Å². The van der Waals surface area contributed by atoms with E-state index in [-0.39, 0.29) is 31.3 Å². The lowest BCUT2D eigenvalue weighted by atomic mass is 10.1. The molecule has 3 unspecified atom stereocenters. The second-order valence-electron chi connectivity index (χ2n) is 20.1. The monoisotopic (exact) mass is 1010 g/mol. The normalized spacial score (nSPS) is 14.5. The molecule has 71 heavy (non-hydrogen) atoms. The Morgan fingerprint density at radius 2 is 0.915 bits per heavy atom. The minimum absolute atomic E-state index is 0.0408. The maximum atomic E-state index is 13.4. The first-order valence-electron chi connectivity index (χ1n) is 28.5. The van der Waals surface area contributed by atoms with E-state index in [4.69, 9.17) is 13.8 Å². The van der Waals surface area contributed by atoms with E-state index in [0.717, 1.165) is 83.5 Å². The summed E-state index contributed by atoms with van der Waals surface area (Å²) in [5, 5.41) is 2.96. The lowest BCUT2D eigenvalue weighted by Gasteiger charge is -2.30. The highest BCUT2D eigenvalue weighted by Gasteiger charge is 2.27. The molecule has 0 aliphatic rings. The van der Waals surface area contributed by atoms with E-state index < -0.39 is 26.6 Å². The lowest BCUT2D eigenvalue weighted by molar-refractivity contribution is -0.870. The predicted molar refractivity (Wildman–Crippen MR) is 302 cm³/mol. The molecule has 9 nitrogen and oxygen atoms in total. The van der Waals surface area contributed by atoms with Crippen LogP contribution in [0.3, 0.4) is 0 Å². The molecule has 408 valence electrons. The molecule has 10 heteroatoms. The first-order chi connectivity index (χ1) is 34.4. The molecule has 0 radical (unpaired) electrons. The molecule has 3 atom stereocenters. The minimum atomic E-state index is -4.72. The third-order valence-electron chi connectivity index (χ3n) is 12.0. The summed E-state index contributed by atoms with van der Waals surface area (Å²) in [6, 6.07) is -0.934. The van der Waals surface area contributed by atoms with Crippen LogP contribution < -0.4 is 10.2 Å². The van der Waals surface area contributed by atoms with Crippen LogP contribution in [0.5, 0.6) is 0 Å². The molecule has 0 bridgehead atoms. The van der Waals surface area contributed by atoms with Crippen LogP contribution in [0.15, 0.2) is 97.2 Å². The molecule has 0 rings (SSSR count). The van der Waals surface area contributed by atoms with Crippen molar-refractivity contribution in [3.8, 4) is 0 Å². The number of esters is 1. The van der Waals surface area contributed by atoms with Gasteiger partial charge in [-0.2, -0.15) is 0 Å². The zero-order chi connectivity index (χ0) is 52.2. The third-order valence-corrected chi connectivity index (χ3v) is 13.0. The fourth-order valence-corrected chi connectivity index (χ4v) is 8.32. The van der Waals surface area contributed by atoms with E-state index in [1.807, 2.05) is 39.4 Å². The predicted octanol–water partition coefficient (Wildman–Crippen LogP) is 16.6. The number of carbonyl (C=O) groups excluding carboxylic acids is 2. The molecule has 0 spiro atoms. The van der Waals surface area contributed by atoms with Gasteiger partial charge >= 0.3 is 5.97 Å².